The number of carbonyl (C=O) groups excluding carboxylic acids is 1. The molecule has 3 atom stereocenters. The lowest BCUT2D eigenvalue weighted by Crippen LogP contribution is -2.67. The molecule has 200 valence electrons. The predicted molar refractivity (Wildman–Crippen MR) is 156 cm³/mol. The molecule has 37 heavy (non-hydrogen) atoms. The van der Waals surface area contributed by atoms with Gasteiger partial charge in [-0.2, -0.15) is 0 Å². The van der Waals surface area contributed by atoms with Gasteiger partial charge in [0.1, 0.15) is 0 Å². The Morgan fingerprint density at radius 2 is 1.38 bits per heavy atom. The Hall–Kier alpha value is -2.00. The second-order valence-corrected chi connectivity index (χ2v) is 22.3. The Labute approximate surface area is 225 Å². The minimum absolute atomic E-state index is 0.0143. The molecule has 0 amide bonds. The van der Waals surface area contributed by atoms with E-state index in [1.165, 1.54) is 10.4 Å². The highest BCUT2D eigenvalue weighted by atomic mass is 28.4. The topological polar surface area (TPSA) is 44.8 Å². The molecular weight excluding hydrogens is 493 g/mol. The Bertz CT molecular complexity index is 1100. The summed E-state index contributed by atoms with van der Waals surface area (Å²) in [6.45, 7) is 21.3. The van der Waals surface area contributed by atoms with Gasteiger partial charge in [-0.05, 0) is 46.0 Å². The van der Waals surface area contributed by atoms with Crippen LogP contribution in [0.4, 0.5) is 0 Å². The van der Waals surface area contributed by atoms with E-state index in [9.17, 15) is 4.79 Å². The van der Waals surface area contributed by atoms with Crippen LogP contribution in [0.1, 0.15) is 48.5 Å². The van der Waals surface area contributed by atoms with E-state index < -0.39 is 16.6 Å². The first-order valence-electron chi connectivity index (χ1n) is 13.5. The average molecular weight is 537 g/mol. The molecule has 2 aromatic rings. The Balaban J connectivity index is 1.77. The van der Waals surface area contributed by atoms with Gasteiger partial charge in [-0.1, -0.05) is 102 Å². The summed E-state index contributed by atoms with van der Waals surface area (Å²) in [6.07, 6.45) is -0.132. The molecule has 4 nitrogen and oxygen atoms in total. The van der Waals surface area contributed by atoms with E-state index >= 15 is 0 Å². The van der Waals surface area contributed by atoms with Gasteiger partial charge in [-0.25, -0.2) is 4.79 Å². The van der Waals surface area contributed by atoms with Crippen molar-refractivity contribution >= 4 is 33.0 Å². The predicted octanol–water partition coefficient (Wildman–Crippen LogP) is 6.07. The number of ether oxygens (including phenoxy) is 1. The molecule has 0 unspecified atom stereocenters. The van der Waals surface area contributed by atoms with E-state index in [1.54, 1.807) is 0 Å². The first-order valence-corrected chi connectivity index (χ1v) is 18.3. The largest absolute Gasteiger partial charge is 0.462 e. The van der Waals surface area contributed by atoms with Gasteiger partial charge in [0.25, 0.3) is 8.32 Å². The third kappa shape index (κ3) is 4.94. The number of cyclic esters (lactones) is 1. The summed E-state index contributed by atoms with van der Waals surface area (Å²) >= 11 is 0. The average Bonchev–Trinajstić information content (AvgIpc) is 3.32. The van der Waals surface area contributed by atoms with Gasteiger partial charge in [0.15, 0.2) is 8.32 Å². The van der Waals surface area contributed by atoms with Crippen LogP contribution >= 0.6 is 0 Å². The Morgan fingerprint density at radius 3 is 1.84 bits per heavy atom. The van der Waals surface area contributed by atoms with Crippen LogP contribution in [0.5, 0.6) is 0 Å². The first-order chi connectivity index (χ1) is 17.2. The van der Waals surface area contributed by atoms with Gasteiger partial charge >= 0.3 is 5.97 Å². The van der Waals surface area contributed by atoms with Gasteiger partial charge < -0.3 is 13.6 Å². The molecule has 6 heteroatoms. The summed E-state index contributed by atoms with van der Waals surface area (Å²) in [5, 5.41) is 2.48. The molecule has 0 bridgehead atoms. The zero-order valence-electron chi connectivity index (χ0n) is 24.1. The molecule has 1 aliphatic heterocycles. The number of esters is 1. The van der Waals surface area contributed by atoms with Gasteiger partial charge in [0.05, 0.1) is 12.7 Å². The van der Waals surface area contributed by atoms with Crippen LogP contribution in [0.3, 0.4) is 0 Å². The molecule has 0 radical (unpaired) electrons. The van der Waals surface area contributed by atoms with Gasteiger partial charge in [-0.15, -0.1) is 0 Å². The lowest BCUT2D eigenvalue weighted by atomic mass is 9.93. The molecule has 0 saturated carbocycles. The van der Waals surface area contributed by atoms with Crippen molar-refractivity contribution in [2.75, 3.05) is 13.2 Å². The molecule has 1 heterocycles. The summed E-state index contributed by atoms with van der Waals surface area (Å²) in [5.41, 5.74) is 1.85. The zero-order valence-corrected chi connectivity index (χ0v) is 26.1. The summed E-state index contributed by atoms with van der Waals surface area (Å²) < 4.78 is 19.9. The summed E-state index contributed by atoms with van der Waals surface area (Å²) in [7, 11) is -4.81. The summed E-state index contributed by atoms with van der Waals surface area (Å²) in [5.74, 6) is -0.128. The number of fused-ring (bicyclic) bond motifs is 1. The lowest BCUT2D eigenvalue weighted by molar-refractivity contribution is -0.135. The van der Waals surface area contributed by atoms with Crippen LogP contribution in [0.2, 0.25) is 23.2 Å². The monoisotopic (exact) mass is 536 g/mol. The smallest absolute Gasteiger partial charge is 0.334 e. The van der Waals surface area contributed by atoms with Crippen LogP contribution in [0.25, 0.3) is 0 Å². The Kier molecular flexibility index (Phi) is 7.54. The van der Waals surface area contributed by atoms with E-state index in [2.05, 4.69) is 122 Å². The normalized spacial score (nSPS) is 22.8. The van der Waals surface area contributed by atoms with Crippen molar-refractivity contribution in [2.45, 2.75) is 77.7 Å². The number of benzene rings is 2. The van der Waals surface area contributed by atoms with Crippen LogP contribution in [-0.2, 0) is 18.4 Å². The van der Waals surface area contributed by atoms with Crippen molar-refractivity contribution in [1.82, 2.24) is 0 Å². The molecule has 0 spiro atoms. The summed E-state index contributed by atoms with van der Waals surface area (Å²) in [4.78, 5) is 12.8. The van der Waals surface area contributed by atoms with Crippen molar-refractivity contribution in [1.29, 1.82) is 0 Å². The molecule has 1 aliphatic carbocycles. The van der Waals surface area contributed by atoms with Crippen molar-refractivity contribution in [3.63, 3.8) is 0 Å². The van der Waals surface area contributed by atoms with Crippen LogP contribution in [-0.4, -0.2) is 41.9 Å². The number of carbonyl (C=O) groups is 1. The van der Waals surface area contributed by atoms with Crippen LogP contribution < -0.4 is 10.4 Å². The molecule has 4 rings (SSSR count). The molecule has 1 fully saturated rings. The minimum atomic E-state index is -2.71. The zero-order chi connectivity index (χ0) is 27.2. The maximum atomic E-state index is 12.8. The molecule has 0 N–H and O–H groups in total. The highest BCUT2D eigenvalue weighted by molar-refractivity contribution is 6.99. The highest BCUT2D eigenvalue weighted by Crippen LogP contribution is 2.48. The van der Waals surface area contributed by atoms with E-state index in [1.807, 2.05) is 0 Å². The fourth-order valence-electron chi connectivity index (χ4n) is 5.81. The highest BCUT2D eigenvalue weighted by Gasteiger charge is 2.55. The molecule has 2 aromatic carbocycles. The molecule has 1 saturated heterocycles. The Morgan fingerprint density at radius 1 is 0.865 bits per heavy atom. The van der Waals surface area contributed by atoms with Crippen molar-refractivity contribution in [3.05, 3.63) is 71.8 Å². The van der Waals surface area contributed by atoms with E-state index in [0.29, 0.717) is 13.2 Å². The maximum Gasteiger partial charge on any atom is 0.334 e. The van der Waals surface area contributed by atoms with Crippen molar-refractivity contribution < 1.29 is 18.4 Å². The minimum Gasteiger partial charge on any atom is -0.462 e. The number of hydrogen-bond donors (Lipinski definition) is 0. The fraction of sp³-hybridized carbons (Fsp3) is 0.516. The first kappa shape index (κ1) is 28.0. The SMILES string of the molecule is CC1=C2C(=O)OC[C@@H]2[C@H](CO[Si](c2ccccc2)(c2ccccc2)C(C)(C)C)[C@@H]1O[Si](C)(C)C(C)(C)C. The van der Waals surface area contributed by atoms with Gasteiger partial charge in [0.2, 0.25) is 0 Å². The number of hydrogen-bond acceptors (Lipinski definition) is 4. The van der Waals surface area contributed by atoms with Crippen molar-refractivity contribution in [3.8, 4) is 0 Å². The van der Waals surface area contributed by atoms with Gasteiger partial charge in [-0.3, -0.25) is 0 Å². The standard InChI is InChI=1S/C31H44O4Si2/c1-22-27-25(20-33-29(27)32)26(28(22)35-36(8,9)30(2,3)4)21-34-37(31(5,6)7,23-16-12-10-13-17-23)24-18-14-11-15-19-24/h10-19,25-26,28H,20-21H2,1-9H3/t25-,26+,28-/m1/s1. The van der Waals surface area contributed by atoms with Crippen LogP contribution in [0, 0.1) is 11.8 Å². The third-order valence-corrected chi connectivity index (χ3v) is 18.3. The number of rotatable bonds is 7. The second-order valence-electron chi connectivity index (χ2n) is 13.2. The van der Waals surface area contributed by atoms with E-state index in [0.717, 1.165) is 11.1 Å². The second kappa shape index (κ2) is 9.95. The molecule has 0 aromatic heterocycles. The quantitative estimate of drug-likeness (QED) is 0.318. The maximum absolute atomic E-state index is 12.8. The third-order valence-electron chi connectivity index (χ3n) is 8.88. The lowest BCUT2D eigenvalue weighted by Gasteiger charge is -2.45. The van der Waals surface area contributed by atoms with Crippen LogP contribution in [0.15, 0.2) is 71.8 Å². The summed E-state index contributed by atoms with van der Waals surface area (Å²) in [6, 6.07) is 21.5. The van der Waals surface area contributed by atoms with E-state index in [-0.39, 0.29) is 34.0 Å². The van der Waals surface area contributed by atoms with Gasteiger partial charge in [0, 0.05) is 24.0 Å². The van der Waals surface area contributed by atoms with E-state index in [4.69, 9.17) is 13.6 Å². The fourth-order valence-corrected chi connectivity index (χ4v) is 11.7. The van der Waals surface area contributed by atoms with Crippen molar-refractivity contribution in [2.24, 2.45) is 11.8 Å². The molecule has 2 aliphatic rings. The molecular formula is C31H44O4Si2.